The number of carboxylic acid groups (broad SMARTS) is 1. The van der Waals surface area contributed by atoms with Crippen LogP contribution in [0.2, 0.25) is 0 Å². The highest BCUT2D eigenvalue weighted by Gasteiger charge is 2.23. The van der Waals surface area contributed by atoms with Crippen molar-refractivity contribution in [2.75, 3.05) is 11.9 Å². The summed E-state index contributed by atoms with van der Waals surface area (Å²) in [5.41, 5.74) is 1.50. The van der Waals surface area contributed by atoms with E-state index in [2.05, 4.69) is 10.3 Å². The molecule has 0 fully saturated rings. The number of carbonyl (C=O) groups excluding carboxylic acids is 1. The zero-order chi connectivity index (χ0) is 18.0. The van der Waals surface area contributed by atoms with E-state index in [0.29, 0.717) is 23.8 Å². The fourth-order valence-corrected chi connectivity index (χ4v) is 2.69. The molecule has 7 nitrogen and oxygen atoms in total. The van der Waals surface area contributed by atoms with Crippen molar-refractivity contribution in [3.63, 3.8) is 0 Å². The first kappa shape index (κ1) is 16.8. The van der Waals surface area contributed by atoms with Crippen molar-refractivity contribution in [1.82, 2.24) is 4.98 Å². The second-order valence-electron chi connectivity index (χ2n) is 5.71. The highest BCUT2D eigenvalue weighted by Crippen LogP contribution is 2.38. The molecule has 0 aliphatic carbocycles. The quantitative estimate of drug-likeness (QED) is 0.867. The van der Waals surface area contributed by atoms with Crippen molar-refractivity contribution < 1.29 is 24.2 Å². The Labute approximate surface area is 144 Å². The number of aromatic nitrogens is 1. The summed E-state index contributed by atoms with van der Waals surface area (Å²) >= 11 is 0. The van der Waals surface area contributed by atoms with Gasteiger partial charge in [0, 0.05) is 24.2 Å². The van der Waals surface area contributed by atoms with E-state index >= 15 is 0 Å². The molecule has 0 saturated heterocycles. The Hall–Kier alpha value is -3.09. The smallest absolute Gasteiger partial charge is 0.335 e. The normalized spacial score (nSPS) is 15.2. The lowest BCUT2D eigenvalue weighted by atomic mass is 10.1. The van der Waals surface area contributed by atoms with Gasteiger partial charge in [0.15, 0.2) is 0 Å². The predicted molar refractivity (Wildman–Crippen MR) is 90.6 cm³/mol. The van der Waals surface area contributed by atoms with Gasteiger partial charge in [-0.3, -0.25) is 9.78 Å². The summed E-state index contributed by atoms with van der Waals surface area (Å²) < 4.78 is 11.3. The fourth-order valence-electron chi connectivity index (χ4n) is 2.69. The van der Waals surface area contributed by atoms with Crippen LogP contribution in [0.1, 0.15) is 40.3 Å². The lowest BCUT2D eigenvalue weighted by Gasteiger charge is -2.13. The summed E-state index contributed by atoms with van der Waals surface area (Å²) in [4.78, 5) is 27.4. The highest BCUT2D eigenvalue weighted by molar-refractivity contribution is 6.05. The first-order valence-electron chi connectivity index (χ1n) is 7.95. The van der Waals surface area contributed by atoms with Gasteiger partial charge < -0.3 is 19.9 Å². The summed E-state index contributed by atoms with van der Waals surface area (Å²) in [6.45, 7) is 4.28. The van der Waals surface area contributed by atoms with E-state index in [9.17, 15) is 9.59 Å². The molecule has 1 amide bonds. The van der Waals surface area contributed by atoms with Gasteiger partial charge in [-0.2, -0.15) is 0 Å². The van der Waals surface area contributed by atoms with Gasteiger partial charge in [-0.25, -0.2) is 4.79 Å². The maximum atomic E-state index is 12.4. The number of rotatable bonds is 5. The molecule has 1 aromatic heterocycles. The Bertz CT molecular complexity index is 834. The molecule has 0 radical (unpaired) electrons. The van der Waals surface area contributed by atoms with Crippen LogP contribution in [0.4, 0.5) is 5.69 Å². The van der Waals surface area contributed by atoms with Gasteiger partial charge in [-0.05, 0) is 32.0 Å². The van der Waals surface area contributed by atoms with Crippen LogP contribution < -0.4 is 14.8 Å². The van der Waals surface area contributed by atoms with Crippen molar-refractivity contribution in [3.05, 3.63) is 47.3 Å². The van der Waals surface area contributed by atoms with Crippen molar-refractivity contribution in [1.29, 1.82) is 0 Å². The van der Waals surface area contributed by atoms with Crippen LogP contribution in [-0.4, -0.2) is 34.7 Å². The molecule has 0 spiro atoms. The van der Waals surface area contributed by atoms with E-state index in [1.54, 1.807) is 6.07 Å². The van der Waals surface area contributed by atoms with Crippen molar-refractivity contribution in [2.24, 2.45) is 0 Å². The summed E-state index contributed by atoms with van der Waals surface area (Å²) in [6.07, 6.45) is 2.14. The molecule has 1 aliphatic heterocycles. The number of aromatic carboxylic acids is 1. The Balaban J connectivity index is 1.89. The third kappa shape index (κ3) is 3.55. The van der Waals surface area contributed by atoms with Crippen molar-refractivity contribution >= 4 is 17.6 Å². The first-order valence-corrected chi connectivity index (χ1v) is 7.95. The van der Waals surface area contributed by atoms with E-state index < -0.39 is 11.9 Å². The third-order valence-corrected chi connectivity index (χ3v) is 3.79. The number of nitrogens with one attached hydrogen (secondary N) is 1. The summed E-state index contributed by atoms with van der Waals surface area (Å²) in [5, 5.41) is 11.8. The van der Waals surface area contributed by atoms with E-state index in [4.69, 9.17) is 14.6 Å². The Morgan fingerprint density at radius 3 is 2.92 bits per heavy atom. The number of hydrogen-bond acceptors (Lipinski definition) is 5. The molecular formula is C18H18N2O5. The Kier molecular flexibility index (Phi) is 4.56. The number of carboxylic acids is 1. The van der Waals surface area contributed by atoms with Gasteiger partial charge in [0.05, 0.1) is 17.9 Å². The van der Waals surface area contributed by atoms with Gasteiger partial charge in [0.25, 0.3) is 5.91 Å². The van der Waals surface area contributed by atoms with E-state index in [0.717, 1.165) is 12.0 Å². The van der Waals surface area contributed by atoms with Crippen LogP contribution in [0.3, 0.4) is 0 Å². The highest BCUT2D eigenvalue weighted by atomic mass is 16.5. The number of nitrogens with zero attached hydrogens (tertiary/aromatic N) is 1. The average molecular weight is 342 g/mol. The second kappa shape index (κ2) is 6.80. The number of pyridine rings is 1. The molecule has 0 bridgehead atoms. The van der Waals surface area contributed by atoms with Crippen molar-refractivity contribution in [2.45, 2.75) is 26.4 Å². The van der Waals surface area contributed by atoms with Crippen LogP contribution in [0.15, 0.2) is 30.5 Å². The van der Waals surface area contributed by atoms with E-state index in [-0.39, 0.29) is 17.4 Å². The molecule has 7 heteroatoms. The van der Waals surface area contributed by atoms with Crippen molar-refractivity contribution in [3.8, 4) is 11.5 Å². The van der Waals surface area contributed by atoms with Crippen LogP contribution in [0.25, 0.3) is 0 Å². The average Bonchev–Trinajstić information content (AvgIpc) is 2.94. The SMILES string of the molecule is CCOc1cc2c(cc1NC(=O)c1cc(C(=O)O)ccn1)OC(C)C2. The molecule has 1 aliphatic rings. The van der Waals surface area contributed by atoms with Crippen LogP contribution in [-0.2, 0) is 6.42 Å². The topological polar surface area (TPSA) is 97.8 Å². The molecular weight excluding hydrogens is 324 g/mol. The zero-order valence-corrected chi connectivity index (χ0v) is 13.9. The zero-order valence-electron chi connectivity index (χ0n) is 13.9. The molecule has 1 aromatic carbocycles. The molecule has 3 rings (SSSR count). The number of benzene rings is 1. The standard InChI is InChI=1S/C18H18N2O5/c1-3-24-16-8-12-6-10(2)25-15(12)9-13(16)20-17(21)14-7-11(18(22)23)4-5-19-14/h4-5,7-10H,3,6H2,1-2H3,(H,20,21)(H,22,23). The molecule has 0 saturated carbocycles. The molecule has 25 heavy (non-hydrogen) atoms. The maximum absolute atomic E-state index is 12.4. The van der Waals surface area contributed by atoms with Crippen LogP contribution in [0.5, 0.6) is 11.5 Å². The van der Waals surface area contributed by atoms with E-state index in [1.165, 1.54) is 18.3 Å². The summed E-state index contributed by atoms with van der Waals surface area (Å²) in [7, 11) is 0. The molecule has 1 atom stereocenters. The molecule has 130 valence electrons. The minimum atomic E-state index is -1.12. The molecule has 2 heterocycles. The Morgan fingerprint density at radius 1 is 1.40 bits per heavy atom. The lowest BCUT2D eigenvalue weighted by Crippen LogP contribution is -2.15. The van der Waals surface area contributed by atoms with Gasteiger partial charge in [-0.1, -0.05) is 0 Å². The number of hydrogen-bond donors (Lipinski definition) is 2. The number of anilines is 1. The Morgan fingerprint density at radius 2 is 2.20 bits per heavy atom. The monoisotopic (exact) mass is 342 g/mol. The molecule has 1 unspecified atom stereocenters. The van der Waals surface area contributed by atoms with Gasteiger partial charge >= 0.3 is 5.97 Å². The predicted octanol–water partition coefficient (Wildman–Crippen LogP) is 2.75. The largest absolute Gasteiger partial charge is 0.492 e. The third-order valence-electron chi connectivity index (χ3n) is 3.79. The molecule has 2 N–H and O–H groups in total. The minimum Gasteiger partial charge on any atom is -0.492 e. The van der Waals surface area contributed by atoms with Crippen LogP contribution in [0, 0.1) is 0 Å². The first-order chi connectivity index (χ1) is 12.0. The molecule has 2 aromatic rings. The van der Waals surface area contributed by atoms with Gasteiger partial charge in [0.1, 0.15) is 23.3 Å². The summed E-state index contributed by atoms with van der Waals surface area (Å²) in [5.74, 6) is -0.387. The van der Waals surface area contributed by atoms with Gasteiger partial charge in [-0.15, -0.1) is 0 Å². The second-order valence-corrected chi connectivity index (χ2v) is 5.71. The number of fused-ring (bicyclic) bond motifs is 1. The van der Waals surface area contributed by atoms with Gasteiger partial charge in [0.2, 0.25) is 0 Å². The van der Waals surface area contributed by atoms with E-state index in [1.807, 2.05) is 19.9 Å². The maximum Gasteiger partial charge on any atom is 0.335 e. The summed E-state index contributed by atoms with van der Waals surface area (Å²) in [6, 6.07) is 6.14. The number of amides is 1. The van der Waals surface area contributed by atoms with Crippen LogP contribution >= 0.6 is 0 Å². The number of ether oxygens (including phenoxy) is 2. The lowest BCUT2D eigenvalue weighted by molar-refractivity contribution is 0.0696. The number of carbonyl (C=O) groups is 2. The fraction of sp³-hybridized carbons (Fsp3) is 0.278. The minimum absolute atomic E-state index is 0.00343.